The van der Waals surface area contributed by atoms with Crippen LogP contribution in [0.15, 0.2) is 158 Å². The van der Waals surface area contributed by atoms with Crippen LogP contribution in [0.2, 0.25) is 0 Å². The van der Waals surface area contributed by atoms with Crippen molar-refractivity contribution >= 4 is 13.6 Å². The largest absolute Gasteiger partial charge is 0.673 e. The van der Waals surface area contributed by atoms with Gasteiger partial charge in [0.15, 0.2) is 12.1 Å². The fourth-order valence-corrected chi connectivity index (χ4v) is 6.74. The molecule has 1 heterocycles. The summed E-state index contributed by atoms with van der Waals surface area (Å²) in [4.78, 5) is 2.24. The lowest BCUT2D eigenvalue weighted by atomic mass is 9.88. The molecule has 0 amide bonds. The van der Waals surface area contributed by atoms with Crippen molar-refractivity contribution in [1.29, 1.82) is 0 Å². The standard InChI is InChI=1S/C41H31F4N2.BF4/c42-34-19-11-30(12-20-34)38(31-13-21-35(43)22-14-31)46-27-47(39(32-15-23-36(44)24-16-32)33-17-25-37(45)26-18-33)41(29-9-5-2-6-10-29)40(46)28-7-3-1-4-8-28;2-1(3,4)5/h1-27,38-41H;/q+1;-1/t40-,41-;/m0./s1. The minimum Gasteiger partial charge on any atom is -0.418 e. The van der Waals surface area contributed by atoms with Crippen LogP contribution in [0, 0.1) is 23.3 Å². The predicted molar refractivity (Wildman–Crippen MR) is 186 cm³/mol. The zero-order valence-corrected chi connectivity index (χ0v) is 27.4. The highest BCUT2D eigenvalue weighted by Crippen LogP contribution is 2.49. The SMILES string of the molecule is F[B-](F)(F)F.Fc1ccc(C(c2ccc(F)cc2)N2C=[N+](C(c3ccc(F)cc3)c3ccc(F)cc3)[C@@H](c3ccccc3)[C@@H]2c2ccccc2)cc1. The monoisotopic (exact) mass is 714 g/mol. The summed E-state index contributed by atoms with van der Waals surface area (Å²) >= 11 is 0. The van der Waals surface area contributed by atoms with Crippen LogP contribution < -0.4 is 0 Å². The van der Waals surface area contributed by atoms with Gasteiger partial charge in [-0.1, -0.05) is 109 Å². The predicted octanol–water partition coefficient (Wildman–Crippen LogP) is 11.3. The van der Waals surface area contributed by atoms with Crippen LogP contribution in [-0.4, -0.2) is 23.1 Å². The van der Waals surface area contributed by atoms with Crippen molar-refractivity contribution in [2.24, 2.45) is 0 Å². The average molecular weight is 715 g/mol. The number of hydrogen-bond acceptors (Lipinski definition) is 1. The molecule has 6 aromatic rings. The first-order chi connectivity index (χ1) is 25.0. The molecule has 0 bridgehead atoms. The van der Waals surface area contributed by atoms with Gasteiger partial charge in [-0.15, -0.1) is 0 Å². The van der Waals surface area contributed by atoms with Crippen molar-refractivity contribution in [2.75, 3.05) is 0 Å². The minimum atomic E-state index is -6.00. The maximum Gasteiger partial charge on any atom is 0.673 e. The van der Waals surface area contributed by atoms with Crippen LogP contribution in [-0.2, 0) is 0 Å². The van der Waals surface area contributed by atoms with E-state index in [4.69, 9.17) is 0 Å². The molecule has 52 heavy (non-hydrogen) atoms. The highest BCUT2D eigenvalue weighted by atomic mass is 19.5. The molecule has 2 atom stereocenters. The Hall–Kier alpha value is -5.71. The third-order valence-corrected chi connectivity index (χ3v) is 8.83. The van der Waals surface area contributed by atoms with Crippen LogP contribution in [0.3, 0.4) is 0 Å². The molecule has 11 heteroatoms. The number of nitrogens with zero attached hydrogens (tertiary/aromatic N) is 2. The fraction of sp³-hybridized carbons (Fsp3) is 0.0976. The van der Waals surface area contributed by atoms with E-state index in [0.717, 1.165) is 33.4 Å². The molecule has 0 aliphatic carbocycles. The van der Waals surface area contributed by atoms with E-state index < -0.39 is 19.3 Å². The quantitative estimate of drug-likeness (QED) is 0.0864. The molecule has 0 saturated heterocycles. The zero-order valence-electron chi connectivity index (χ0n) is 27.4. The summed E-state index contributed by atoms with van der Waals surface area (Å²) in [5.74, 6) is -1.41. The maximum atomic E-state index is 14.3. The lowest BCUT2D eigenvalue weighted by Crippen LogP contribution is -2.31. The Balaban J connectivity index is 0.000000870. The molecule has 6 aromatic carbocycles. The van der Waals surface area contributed by atoms with E-state index >= 15 is 0 Å². The van der Waals surface area contributed by atoms with Gasteiger partial charge in [0.1, 0.15) is 35.4 Å². The molecule has 0 radical (unpaired) electrons. The smallest absolute Gasteiger partial charge is 0.418 e. The third-order valence-electron chi connectivity index (χ3n) is 8.83. The number of halogens is 8. The summed E-state index contributed by atoms with van der Waals surface area (Å²) in [6, 6.07) is 44.4. The fourth-order valence-electron chi connectivity index (χ4n) is 6.74. The molecular formula is C41H31BF8N2. The summed E-state index contributed by atoms with van der Waals surface area (Å²) in [5, 5.41) is 0. The Labute approximate surface area is 296 Å². The Bertz CT molecular complexity index is 1980. The van der Waals surface area contributed by atoms with Crippen LogP contribution in [0.4, 0.5) is 34.8 Å². The van der Waals surface area contributed by atoms with Gasteiger partial charge < -0.3 is 17.3 Å². The second-order valence-electron chi connectivity index (χ2n) is 12.2. The first-order valence-corrected chi connectivity index (χ1v) is 16.4. The normalized spacial score (nSPS) is 15.7. The van der Waals surface area contributed by atoms with Crippen molar-refractivity contribution in [2.45, 2.75) is 24.2 Å². The zero-order chi connectivity index (χ0) is 36.8. The van der Waals surface area contributed by atoms with Gasteiger partial charge in [-0.25, -0.2) is 27.0 Å². The van der Waals surface area contributed by atoms with Crippen molar-refractivity contribution in [3.05, 3.63) is 214 Å². The van der Waals surface area contributed by atoms with Gasteiger partial charge in [-0.3, -0.25) is 0 Å². The Kier molecular flexibility index (Phi) is 10.9. The van der Waals surface area contributed by atoms with Crippen LogP contribution >= 0.6 is 0 Å². The molecule has 0 N–H and O–H groups in total. The van der Waals surface area contributed by atoms with Crippen molar-refractivity contribution in [1.82, 2.24) is 4.90 Å². The molecule has 264 valence electrons. The van der Waals surface area contributed by atoms with E-state index in [-0.39, 0.29) is 35.4 Å². The number of benzene rings is 6. The molecule has 0 fully saturated rings. The van der Waals surface area contributed by atoms with Gasteiger partial charge in [0.25, 0.3) is 0 Å². The third kappa shape index (κ3) is 8.59. The molecule has 0 spiro atoms. The minimum absolute atomic E-state index is 0.290. The van der Waals surface area contributed by atoms with Gasteiger partial charge in [0.05, 0.1) is 0 Å². The van der Waals surface area contributed by atoms with E-state index in [1.54, 1.807) is 48.5 Å². The molecule has 7 rings (SSSR count). The van der Waals surface area contributed by atoms with E-state index in [0.29, 0.717) is 0 Å². The molecule has 1 aliphatic rings. The second kappa shape index (κ2) is 15.7. The Morgan fingerprint density at radius 2 is 0.769 bits per heavy atom. The summed E-state index contributed by atoms with van der Waals surface area (Å²) < 4.78 is 98.3. The number of rotatable bonds is 8. The lowest BCUT2D eigenvalue weighted by Gasteiger charge is -2.31. The topological polar surface area (TPSA) is 6.25 Å². The van der Waals surface area contributed by atoms with Crippen LogP contribution in [0.25, 0.3) is 0 Å². The van der Waals surface area contributed by atoms with E-state index in [2.05, 4.69) is 40.1 Å². The van der Waals surface area contributed by atoms with Gasteiger partial charge in [-0.05, 0) is 48.5 Å². The van der Waals surface area contributed by atoms with Crippen LogP contribution in [0.5, 0.6) is 0 Å². The van der Waals surface area contributed by atoms with Crippen molar-refractivity contribution in [3.8, 4) is 0 Å². The summed E-state index contributed by atoms with van der Waals surface area (Å²) in [5.41, 5.74) is 5.36. The maximum absolute atomic E-state index is 14.3. The van der Waals surface area contributed by atoms with Gasteiger partial charge >= 0.3 is 7.25 Å². The molecular weight excluding hydrogens is 683 g/mol. The number of hydrogen-bond donors (Lipinski definition) is 0. The second-order valence-corrected chi connectivity index (χ2v) is 12.2. The van der Waals surface area contributed by atoms with E-state index in [1.165, 1.54) is 48.5 Å². The van der Waals surface area contributed by atoms with Gasteiger partial charge in [0.2, 0.25) is 6.34 Å². The Morgan fingerprint density at radius 3 is 1.13 bits per heavy atom. The van der Waals surface area contributed by atoms with Crippen molar-refractivity contribution < 1.29 is 39.4 Å². The van der Waals surface area contributed by atoms with Crippen LogP contribution in [0.1, 0.15) is 57.5 Å². The first kappa shape index (κ1) is 36.1. The molecule has 0 unspecified atom stereocenters. The molecule has 0 saturated carbocycles. The van der Waals surface area contributed by atoms with Gasteiger partial charge in [-0.2, -0.15) is 0 Å². The van der Waals surface area contributed by atoms with E-state index in [1.807, 2.05) is 36.4 Å². The first-order valence-electron chi connectivity index (χ1n) is 16.4. The summed E-state index contributed by atoms with van der Waals surface area (Å²) in [7, 11) is -6.00. The summed E-state index contributed by atoms with van der Waals surface area (Å²) in [6.45, 7) is 0. The molecule has 1 aliphatic heterocycles. The lowest BCUT2D eigenvalue weighted by molar-refractivity contribution is -0.596. The van der Waals surface area contributed by atoms with Crippen molar-refractivity contribution in [3.63, 3.8) is 0 Å². The van der Waals surface area contributed by atoms with Gasteiger partial charge in [0, 0.05) is 33.4 Å². The highest BCUT2D eigenvalue weighted by molar-refractivity contribution is 6.50. The Morgan fingerprint density at radius 1 is 0.442 bits per heavy atom. The molecule has 2 nitrogen and oxygen atoms in total. The average Bonchev–Trinajstić information content (AvgIpc) is 3.51. The summed E-state index contributed by atoms with van der Waals surface area (Å²) in [6.07, 6.45) is 2.07. The highest BCUT2D eigenvalue weighted by Gasteiger charge is 2.50. The molecule has 0 aromatic heterocycles. The van der Waals surface area contributed by atoms with E-state index in [9.17, 15) is 34.8 Å².